The number of hydrogen-bond donors (Lipinski definition) is 4. The van der Waals surface area contributed by atoms with E-state index in [9.17, 15) is 10.2 Å². The molecule has 0 aliphatic heterocycles. The first-order valence-corrected chi connectivity index (χ1v) is 14.4. The van der Waals surface area contributed by atoms with Crippen molar-refractivity contribution in [3.05, 3.63) is 47.5 Å². The molecule has 8 aliphatic carbocycles. The van der Waals surface area contributed by atoms with Gasteiger partial charge in [0.05, 0.1) is 11.4 Å². The Bertz CT molecular complexity index is 1140. The number of anilines is 2. The van der Waals surface area contributed by atoms with E-state index in [0.717, 1.165) is 23.7 Å². The SMILES string of the molecule is Nc1cc(C23CC4CC(C2)CC(C25CC6CC(CC(c7ccc(O)c(N)c7)(C6)C2)C5)(C4)C3)ccc1O. The molecule has 4 atom stereocenters. The molecule has 10 rings (SSSR count). The number of aromatic hydroxyl groups is 2. The number of phenolic OH excluding ortho intramolecular Hbond substituents is 2. The molecule has 0 saturated heterocycles. The first kappa shape index (κ1) is 21.7. The van der Waals surface area contributed by atoms with Gasteiger partial charge in [-0.15, -0.1) is 0 Å². The molecular weight excluding hydrogens is 444 g/mol. The highest BCUT2D eigenvalue weighted by molar-refractivity contribution is 5.56. The zero-order valence-electron chi connectivity index (χ0n) is 21.3. The summed E-state index contributed by atoms with van der Waals surface area (Å²) < 4.78 is 0. The first-order chi connectivity index (χ1) is 17.2. The minimum atomic E-state index is 0.217. The van der Waals surface area contributed by atoms with E-state index < -0.39 is 0 Å². The second-order valence-corrected chi connectivity index (χ2v) is 14.6. The number of benzene rings is 2. The van der Waals surface area contributed by atoms with Crippen LogP contribution in [0.1, 0.15) is 88.2 Å². The molecule has 8 saturated carbocycles. The molecule has 8 bridgehead atoms. The van der Waals surface area contributed by atoms with Gasteiger partial charge in [0, 0.05) is 0 Å². The number of nitrogen functional groups attached to an aromatic ring is 2. The van der Waals surface area contributed by atoms with Gasteiger partial charge in [0.1, 0.15) is 11.5 Å². The van der Waals surface area contributed by atoms with Crippen LogP contribution in [0.2, 0.25) is 0 Å². The molecule has 0 amide bonds. The number of phenols is 2. The van der Waals surface area contributed by atoms with Crippen LogP contribution in [-0.2, 0) is 10.8 Å². The van der Waals surface area contributed by atoms with Gasteiger partial charge in [-0.3, -0.25) is 0 Å². The van der Waals surface area contributed by atoms with Crippen LogP contribution in [0.4, 0.5) is 11.4 Å². The predicted octanol–water partition coefficient (Wildman–Crippen LogP) is 6.64. The van der Waals surface area contributed by atoms with Gasteiger partial charge in [-0.05, 0) is 158 Å². The maximum absolute atomic E-state index is 10.2. The van der Waals surface area contributed by atoms with Gasteiger partial charge >= 0.3 is 0 Å². The molecule has 190 valence electrons. The molecule has 8 fully saturated rings. The highest BCUT2D eigenvalue weighted by atomic mass is 16.3. The van der Waals surface area contributed by atoms with E-state index in [2.05, 4.69) is 24.3 Å². The summed E-state index contributed by atoms with van der Waals surface area (Å²) in [6, 6.07) is 12.3. The monoisotopic (exact) mass is 484 g/mol. The Hall–Kier alpha value is -2.36. The highest BCUT2D eigenvalue weighted by Crippen LogP contribution is 2.78. The molecular formula is C32H40N2O2. The van der Waals surface area contributed by atoms with Crippen molar-refractivity contribution in [2.45, 2.75) is 87.9 Å². The van der Waals surface area contributed by atoms with E-state index in [4.69, 9.17) is 11.5 Å². The molecule has 0 heterocycles. The lowest BCUT2D eigenvalue weighted by atomic mass is 9.30. The van der Waals surface area contributed by atoms with Crippen molar-refractivity contribution in [2.24, 2.45) is 34.5 Å². The smallest absolute Gasteiger partial charge is 0.138 e. The Morgan fingerprint density at radius 2 is 0.917 bits per heavy atom. The van der Waals surface area contributed by atoms with Gasteiger partial charge in [-0.2, -0.15) is 0 Å². The van der Waals surface area contributed by atoms with Crippen molar-refractivity contribution < 1.29 is 10.2 Å². The summed E-state index contributed by atoms with van der Waals surface area (Å²) in [7, 11) is 0. The van der Waals surface area contributed by atoms with Crippen molar-refractivity contribution in [2.75, 3.05) is 11.5 Å². The van der Waals surface area contributed by atoms with Crippen molar-refractivity contribution in [3.8, 4) is 11.5 Å². The van der Waals surface area contributed by atoms with Crippen LogP contribution in [0.25, 0.3) is 0 Å². The summed E-state index contributed by atoms with van der Waals surface area (Å²) in [5.74, 6) is 3.75. The largest absolute Gasteiger partial charge is 0.506 e. The Morgan fingerprint density at radius 3 is 1.25 bits per heavy atom. The molecule has 6 N–H and O–H groups in total. The standard InChI is InChI=1S/C32H40N2O2/c33-25-7-23(1-3-27(25)35)29-9-19-5-20(10-29)14-31(13-19,17-29)32-15-21-6-22(16-32)12-30(11-21,18-32)24-2-4-28(36)26(34)8-24/h1-4,7-8,19-22,35-36H,5-6,9-18,33-34H2. The molecule has 4 nitrogen and oxygen atoms in total. The third-order valence-corrected chi connectivity index (χ3v) is 12.5. The maximum atomic E-state index is 10.2. The van der Waals surface area contributed by atoms with E-state index >= 15 is 0 Å². The Morgan fingerprint density at radius 1 is 0.556 bits per heavy atom. The summed E-state index contributed by atoms with van der Waals surface area (Å²) in [5, 5.41) is 20.3. The minimum Gasteiger partial charge on any atom is -0.506 e. The number of rotatable bonds is 3. The van der Waals surface area contributed by atoms with Gasteiger partial charge in [0.2, 0.25) is 0 Å². The molecule has 0 radical (unpaired) electrons. The maximum Gasteiger partial charge on any atom is 0.138 e. The van der Waals surface area contributed by atoms with Crippen LogP contribution in [0.5, 0.6) is 11.5 Å². The number of nitrogens with two attached hydrogens (primary N) is 2. The summed E-state index contributed by atoms with van der Waals surface area (Å²) in [6.45, 7) is 0. The summed E-state index contributed by atoms with van der Waals surface area (Å²) in [4.78, 5) is 0. The van der Waals surface area contributed by atoms with Crippen molar-refractivity contribution in [3.63, 3.8) is 0 Å². The molecule has 0 spiro atoms. The average Bonchev–Trinajstić information content (AvgIpc) is 2.81. The van der Waals surface area contributed by atoms with Crippen LogP contribution < -0.4 is 11.5 Å². The first-order valence-electron chi connectivity index (χ1n) is 14.4. The van der Waals surface area contributed by atoms with E-state index in [0.29, 0.717) is 22.2 Å². The summed E-state index contributed by atoms with van der Waals surface area (Å²) in [5.41, 5.74) is 17.7. The number of hydrogen-bond acceptors (Lipinski definition) is 4. The van der Waals surface area contributed by atoms with Gasteiger partial charge in [-0.1, -0.05) is 12.1 Å². The van der Waals surface area contributed by atoms with Crippen molar-refractivity contribution in [1.29, 1.82) is 0 Å². The van der Waals surface area contributed by atoms with Crippen LogP contribution in [0.15, 0.2) is 36.4 Å². The van der Waals surface area contributed by atoms with Crippen LogP contribution in [-0.4, -0.2) is 10.2 Å². The van der Waals surface area contributed by atoms with Gasteiger partial charge < -0.3 is 21.7 Å². The van der Waals surface area contributed by atoms with Crippen molar-refractivity contribution in [1.82, 2.24) is 0 Å². The topological polar surface area (TPSA) is 92.5 Å². The molecule has 2 aromatic carbocycles. The highest BCUT2D eigenvalue weighted by Gasteiger charge is 2.70. The fourth-order valence-electron chi connectivity index (χ4n) is 12.2. The third-order valence-electron chi connectivity index (χ3n) is 12.5. The van der Waals surface area contributed by atoms with Crippen LogP contribution >= 0.6 is 0 Å². The molecule has 8 aliphatic rings. The average molecular weight is 485 g/mol. The normalized spacial score (nSPS) is 45.9. The van der Waals surface area contributed by atoms with Crippen LogP contribution in [0.3, 0.4) is 0 Å². The third kappa shape index (κ3) is 2.71. The predicted molar refractivity (Wildman–Crippen MR) is 143 cm³/mol. The van der Waals surface area contributed by atoms with E-state index in [-0.39, 0.29) is 22.3 Å². The fourth-order valence-corrected chi connectivity index (χ4v) is 12.2. The van der Waals surface area contributed by atoms with E-state index in [1.807, 2.05) is 12.1 Å². The lowest BCUT2D eigenvalue weighted by molar-refractivity contribution is -0.212. The quantitative estimate of drug-likeness (QED) is 0.290. The molecule has 2 aromatic rings. The van der Waals surface area contributed by atoms with Crippen LogP contribution in [0, 0.1) is 34.5 Å². The molecule has 36 heavy (non-hydrogen) atoms. The van der Waals surface area contributed by atoms with Gasteiger partial charge in [-0.25, -0.2) is 0 Å². The zero-order valence-corrected chi connectivity index (χ0v) is 21.3. The lowest BCUT2D eigenvalue weighted by Gasteiger charge is -2.74. The molecule has 4 unspecified atom stereocenters. The minimum absolute atomic E-state index is 0.217. The fraction of sp³-hybridized carbons (Fsp3) is 0.625. The second-order valence-electron chi connectivity index (χ2n) is 14.6. The Balaban J connectivity index is 1.23. The second kappa shape index (κ2) is 6.74. The zero-order chi connectivity index (χ0) is 24.5. The van der Waals surface area contributed by atoms with Gasteiger partial charge in [0.25, 0.3) is 0 Å². The summed E-state index contributed by atoms with van der Waals surface area (Å²) >= 11 is 0. The molecule has 0 aromatic heterocycles. The van der Waals surface area contributed by atoms with Crippen molar-refractivity contribution >= 4 is 11.4 Å². The Kier molecular flexibility index (Phi) is 4.06. The summed E-state index contributed by atoms with van der Waals surface area (Å²) in [6.07, 6.45) is 16.4. The Labute approximate surface area is 214 Å². The lowest BCUT2D eigenvalue weighted by Crippen LogP contribution is -2.66. The molecule has 4 heteroatoms. The van der Waals surface area contributed by atoms with Gasteiger partial charge in [0.15, 0.2) is 0 Å². The van der Waals surface area contributed by atoms with E-state index in [1.165, 1.54) is 88.2 Å². The van der Waals surface area contributed by atoms with E-state index in [1.54, 1.807) is 0 Å².